The SMILES string of the molecule is Fc1ccccc1CN1CC[C@H]2CN(Cc3ccc4[nH]ccc4c3)C[C@H]21. The van der Waals surface area contributed by atoms with Crippen LogP contribution in [0.2, 0.25) is 0 Å². The first kappa shape index (κ1) is 16.0. The van der Waals surface area contributed by atoms with E-state index in [2.05, 4.69) is 39.0 Å². The van der Waals surface area contributed by atoms with Crippen LogP contribution in [-0.4, -0.2) is 40.5 Å². The second-order valence-electron chi connectivity index (χ2n) is 7.77. The van der Waals surface area contributed by atoms with Crippen LogP contribution in [-0.2, 0) is 13.1 Å². The first-order valence-electron chi connectivity index (χ1n) is 9.52. The van der Waals surface area contributed by atoms with Gasteiger partial charge in [0.1, 0.15) is 5.82 Å². The van der Waals surface area contributed by atoms with Crippen LogP contribution >= 0.6 is 0 Å². The number of likely N-dealkylation sites (tertiary alicyclic amines) is 2. The largest absolute Gasteiger partial charge is 0.361 e. The number of aromatic nitrogens is 1. The fourth-order valence-electron chi connectivity index (χ4n) is 4.77. The van der Waals surface area contributed by atoms with Crippen molar-refractivity contribution in [2.45, 2.75) is 25.6 Å². The maximum absolute atomic E-state index is 14.0. The van der Waals surface area contributed by atoms with Crippen molar-refractivity contribution in [3.8, 4) is 0 Å². The first-order chi connectivity index (χ1) is 12.8. The van der Waals surface area contributed by atoms with Gasteiger partial charge in [0.25, 0.3) is 0 Å². The molecule has 2 atom stereocenters. The summed E-state index contributed by atoms with van der Waals surface area (Å²) in [6.07, 6.45) is 3.22. The topological polar surface area (TPSA) is 22.3 Å². The molecule has 2 aliphatic rings. The number of aromatic amines is 1. The first-order valence-corrected chi connectivity index (χ1v) is 9.52. The minimum absolute atomic E-state index is 0.0781. The summed E-state index contributed by atoms with van der Waals surface area (Å²) in [5, 5.41) is 1.28. The molecule has 3 heterocycles. The van der Waals surface area contributed by atoms with E-state index in [1.54, 1.807) is 12.1 Å². The van der Waals surface area contributed by atoms with Crippen molar-refractivity contribution in [3.05, 3.63) is 71.7 Å². The van der Waals surface area contributed by atoms with Gasteiger partial charge >= 0.3 is 0 Å². The zero-order chi connectivity index (χ0) is 17.5. The average molecular weight is 349 g/mol. The van der Waals surface area contributed by atoms with Crippen molar-refractivity contribution < 1.29 is 4.39 Å². The van der Waals surface area contributed by atoms with Crippen LogP contribution in [0.15, 0.2) is 54.7 Å². The Balaban J connectivity index is 1.26. The van der Waals surface area contributed by atoms with Crippen LogP contribution in [0.25, 0.3) is 10.9 Å². The standard InChI is InChI=1S/C22H24FN3/c23-20-4-2-1-3-18(20)14-26-10-8-19-13-25(15-22(19)26)12-16-5-6-21-17(11-16)7-9-24-21/h1-7,9,11,19,22,24H,8,10,12-15H2/t19-,22+/m0/s1. The molecule has 3 aromatic rings. The third-order valence-corrected chi connectivity index (χ3v) is 6.09. The summed E-state index contributed by atoms with van der Waals surface area (Å²) < 4.78 is 14.0. The molecule has 0 amide bonds. The molecule has 26 heavy (non-hydrogen) atoms. The maximum Gasteiger partial charge on any atom is 0.127 e. The van der Waals surface area contributed by atoms with Crippen molar-refractivity contribution in [1.29, 1.82) is 0 Å². The third kappa shape index (κ3) is 2.93. The van der Waals surface area contributed by atoms with Crippen LogP contribution in [0.1, 0.15) is 17.5 Å². The predicted octanol–water partition coefficient (Wildman–Crippen LogP) is 4.01. The molecule has 2 aromatic carbocycles. The Bertz CT molecular complexity index is 918. The molecular weight excluding hydrogens is 325 g/mol. The van der Waals surface area contributed by atoms with Gasteiger partial charge in [-0.3, -0.25) is 9.80 Å². The molecule has 0 unspecified atom stereocenters. The number of nitrogens with zero attached hydrogens (tertiary/aromatic N) is 2. The number of fused-ring (bicyclic) bond motifs is 2. The van der Waals surface area contributed by atoms with E-state index in [1.807, 2.05) is 18.3 Å². The third-order valence-electron chi connectivity index (χ3n) is 6.09. The quantitative estimate of drug-likeness (QED) is 0.769. The minimum Gasteiger partial charge on any atom is -0.361 e. The Morgan fingerprint density at radius 1 is 1.04 bits per heavy atom. The van der Waals surface area contributed by atoms with Gasteiger partial charge in [-0.05, 0) is 54.1 Å². The van der Waals surface area contributed by atoms with Crippen LogP contribution in [0.5, 0.6) is 0 Å². The van der Waals surface area contributed by atoms with Gasteiger partial charge in [0.15, 0.2) is 0 Å². The highest BCUT2D eigenvalue weighted by Crippen LogP contribution is 2.33. The second kappa shape index (κ2) is 6.53. The fourth-order valence-corrected chi connectivity index (χ4v) is 4.77. The molecule has 5 rings (SSSR count). The Morgan fingerprint density at radius 3 is 2.88 bits per heavy atom. The number of halogens is 1. The summed E-state index contributed by atoms with van der Waals surface area (Å²) in [5.74, 6) is 0.642. The molecule has 1 N–H and O–H groups in total. The molecule has 2 fully saturated rings. The summed E-state index contributed by atoms with van der Waals surface area (Å²) in [6.45, 7) is 5.07. The smallest absolute Gasteiger partial charge is 0.127 e. The number of nitrogens with one attached hydrogen (secondary N) is 1. The monoisotopic (exact) mass is 349 g/mol. The van der Waals surface area contributed by atoms with Gasteiger partial charge in [-0.25, -0.2) is 4.39 Å². The predicted molar refractivity (Wildman–Crippen MR) is 102 cm³/mol. The number of rotatable bonds is 4. The summed E-state index contributed by atoms with van der Waals surface area (Å²) in [5.41, 5.74) is 3.39. The van der Waals surface area contributed by atoms with E-state index in [9.17, 15) is 4.39 Å². The summed E-state index contributed by atoms with van der Waals surface area (Å²) in [4.78, 5) is 8.31. The summed E-state index contributed by atoms with van der Waals surface area (Å²) in [7, 11) is 0. The van der Waals surface area contributed by atoms with E-state index < -0.39 is 0 Å². The highest BCUT2D eigenvalue weighted by molar-refractivity contribution is 5.79. The van der Waals surface area contributed by atoms with Gasteiger partial charge in [-0.2, -0.15) is 0 Å². The van der Waals surface area contributed by atoms with E-state index in [0.29, 0.717) is 6.04 Å². The summed E-state index contributed by atoms with van der Waals surface area (Å²) >= 11 is 0. The van der Waals surface area contributed by atoms with Crippen molar-refractivity contribution >= 4 is 10.9 Å². The second-order valence-corrected chi connectivity index (χ2v) is 7.77. The average Bonchev–Trinajstić information content (AvgIpc) is 3.33. The van der Waals surface area contributed by atoms with Crippen molar-refractivity contribution in [2.24, 2.45) is 5.92 Å². The lowest BCUT2D eigenvalue weighted by Crippen LogP contribution is -2.34. The lowest BCUT2D eigenvalue weighted by Gasteiger charge is -2.25. The van der Waals surface area contributed by atoms with Crippen LogP contribution < -0.4 is 0 Å². The van der Waals surface area contributed by atoms with Crippen molar-refractivity contribution in [2.75, 3.05) is 19.6 Å². The Hall–Kier alpha value is -2.17. The minimum atomic E-state index is -0.0781. The molecule has 2 saturated heterocycles. The molecule has 0 bridgehead atoms. The van der Waals surface area contributed by atoms with E-state index in [-0.39, 0.29) is 5.82 Å². The van der Waals surface area contributed by atoms with E-state index in [1.165, 1.54) is 22.9 Å². The molecule has 3 nitrogen and oxygen atoms in total. The Labute approximate surface area is 153 Å². The van der Waals surface area contributed by atoms with Crippen molar-refractivity contribution in [1.82, 2.24) is 14.8 Å². The number of hydrogen-bond donors (Lipinski definition) is 1. The Kier molecular flexibility index (Phi) is 4.03. The maximum atomic E-state index is 14.0. The van der Waals surface area contributed by atoms with Gasteiger partial charge in [0, 0.05) is 49.5 Å². The molecule has 0 saturated carbocycles. The number of benzene rings is 2. The zero-order valence-electron chi connectivity index (χ0n) is 14.9. The molecule has 4 heteroatoms. The highest BCUT2D eigenvalue weighted by atomic mass is 19.1. The molecule has 1 aromatic heterocycles. The lowest BCUT2D eigenvalue weighted by molar-refractivity contribution is 0.213. The van der Waals surface area contributed by atoms with Gasteiger partial charge in [-0.1, -0.05) is 24.3 Å². The van der Waals surface area contributed by atoms with Crippen LogP contribution in [0, 0.1) is 11.7 Å². The van der Waals surface area contributed by atoms with Gasteiger partial charge in [0.2, 0.25) is 0 Å². The number of hydrogen-bond acceptors (Lipinski definition) is 2. The Morgan fingerprint density at radius 2 is 1.96 bits per heavy atom. The van der Waals surface area contributed by atoms with Crippen molar-refractivity contribution in [3.63, 3.8) is 0 Å². The molecule has 0 aliphatic carbocycles. The molecule has 0 spiro atoms. The van der Waals surface area contributed by atoms with E-state index in [0.717, 1.165) is 44.2 Å². The normalized spacial score (nSPS) is 23.7. The van der Waals surface area contributed by atoms with Gasteiger partial charge in [0.05, 0.1) is 0 Å². The lowest BCUT2D eigenvalue weighted by atomic mass is 10.0. The van der Waals surface area contributed by atoms with Crippen LogP contribution in [0.3, 0.4) is 0 Å². The fraction of sp³-hybridized carbons (Fsp3) is 0.364. The molecule has 2 aliphatic heterocycles. The number of H-pyrrole nitrogens is 1. The van der Waals surface area contributed by atoms with Gasteiger partial charge in [-0.15, -0.1) is 0 Å². The highest BCUT2D eigenvalue weighted by Gasteiger charge is 2.41. The molecular formula is C22H24FN3. The molecule has 0 radical (unpaired) electrons. The zero-order valence-corrected chi connectivity index (χ0v) is 14.9. The van der Waals surface area contributed by atoms with Crippen LogP contribution in [0.4, 0.5) is 4.39 Å². The van der Waals surface area contributed by atoms with E-state index >= 15 is 0 Å². The van der Waals surface area contributed by atoms with Gasteiger partial charge < -0.3 is 4.98 Å². The molecule has 134 valence electrons. The summed E-state index contributed by atoms with van der Waals surface area (Å²) in [6, 6.07) is 16.6. The van der Waals surface area contributed by atoms with E-state index in [4.69, 9.17) is 0 Å².